The smallest absolute Gasteiger partial charge is 0.317 e. The summed E-state index contributed by atoms with van der Waals surface area (Å²) in [6.07, 6.45) is 0.128. The monoisotopic (exact) mass is 318 g/mol. The molecule has 0 aliphatic heterocycles. The van der Waals surface area contributed by atoms with Crippen molar-refractivity contribution in [2.45, 2.75) is 32.4 Å². The van der Waals surface area contributed by atoms with Crippen LogP contribution in [0.3, 0.4) is 0 Å². The van der Waals surface area contributed by atoms with Crippen molar-refractivity contribution in [1.82, 2.24) is 10.2 Å². The molecule has 0 aliphatic carbocycles. The lowest BCUT2D eigenvalue weighted by molar-refractivity contribution is 0.162. The first-order valence-electron chi connectivity index (χ1n) is 6.46. The Hall–Kier alpha value is -0.970. The molecule has 4 nitrogen and oxygen atoms in total. The van der Waals surface area contributed by atoms with Crippen LogP contribution in [0.15, 0.2) is 18.2 Å². The van der Waals surface area contributed by atoms with E-state index in [2.05, 4.69) is 5.32 Å². The molecule has 2 N–H and O–H groups in total. The van der Waals surface area contributed by atoms with Crippen molar-refractivity contribution in [2.24, 2.45) is 0 Å². The van der Waals surface area contributed by atoms with Crippen LogP contribution in [0, 0.1) is 0 Å². The van der Waals surface area contributed by atoms with Crippen LogP contribution >= 0.6 is 23.2 Å². The average molecular weight is 319 g/mol. The normalized spacial score (nSPS) is 13.7. The van der Waals surface area contributed by atoms with Crippen molar-refractivity contribution in [2.75, 3.05) is 13.6 Å². The molecule has 1 rings (SSSR count). The van der Waals surface area contributed by atoms with Gasteiger partial charge in [-0.05, 0) is 38.0 Å². The van der Waals surface area contributed by atoms with Gasteiger partial charge in [0.1, 0.15) is 0 Å². The Morgan fingerprint density at radius 3 is 2.55 bits per heavy atom. The maximum Gasteiger partial charge on any atom is 0.317 e. The minimum atomic E-state index is -0.419. The first-order chi connectivity index (χ1) is 9.31. The van der Waals surface area contributed by atoms with Gasteiger partial charge in [0, 0.05) is 13.6 Å². The number of halogens is 2. The van der Waals surface area contributed by atoms with Gasteiger partial charge in [-0.15, -0.1) is 0 Å². The highest BCUT2D eigenvalue weighted by Crippen LogP contribution is 2.25. The van der Waals surface area contributed by atoms with Gasteiger partial charge in [0.05, 0.1) is 22.2 Å². The van der Waals surface area contributed by atoms with Crippen molar-refractivity contribution in [1.29, 1.82) is 0 Å². The van der Waals surface area contributed by atoms with Crippen molar-refractivity contribution >= 4 is 29.2 Å². The summed E-state index contributed by atoms with van der Waals surface area (Å²) < 4.78 is 0. The van der Waals surface area contributed by atoms with E-state index in [0.29, 0.717) is 23.0 Å². The fourth-order valence-electron chi connectivity index (χ4n) is 1.64. The van der Waals surface area contributed by atoms with Crippen LogP contribution in [0.25, 0.3) is 0 Å². The zero-order valence-electron chi connectivity index (χ0n) is 11.9. The molecule has 0 radical (unpaired) electrons. The van der Waals surface area contributed by atoms with Crippen LogP contribution in [0.4, 0.5) is 4.79 Å². The number of carbonyl (C=O) groups is 1. The molecule has 1 aromatic carbocycles. The second-order valence-electron chi connectivity index (χ2n) is 4.90. The third kappa shape index (κ3) is 5.19. The summed E-state index contributed by atoms with van der Waals surface area (Å²) in [6, 6.07) is 4.91. The molecule has 2 atom stereocenters. The van der Waals surface area contributed by atoms with Gasteiger partial charge in [0.2, 0.25) is 0 Å². The number of hydrogen-bond donors (Lipinski definition) is 2. The maximum absolute atomic E-state index is 12.0. The van der Waals surface area contributed by atoms with Crippen molar-refractivity contribution < 1.29 is 9.90 Å². The Bertz CT molecular complexity index is 466. The van der Waals surface area contributed by atoms with Crippen molar-refractivity contribution in [3.63, 3.8) is 0 Å². The Labute approximate surface area is 129 Å². The predicted octanol–water partition coefficient (Wildman–Crippen LogP) is 3.47. The minimum Gasteiger partial charge on any atom is -0.393 e. The molecule has 20 heavy (non-hydrogen) atoms. The summed E-state index contributed by atoms with van der Waals surface area (Å²) >= 11 is 11.8. The lowest BCUT2D eigenvalue weighted by Gasteiger charge is -2.22. The fourth-order valence-corrected chi connectivity index (χ4v) is 1.95. The summed E-state index contributed by atoms with van der Waals surface area (Å²) in [5.74, 6) is 0. The van der Waals surface area contributed by atoms with Crippen LogP contribution < -0.4 is 5.32 Å². The Morgan fingerprint density at radius 2 is 2.00 bits per heavy atom. The third-order valence-corrected chi connectivity index (χ3v) is 3.75. The standard InChI is InChI=1S/C14H20Cl2N2O2/c1-9(19)6-7-18(3)14(20)17-10(2)11-4-5-12(15)13(16)8-11/h4-5,8-10,19H,6-7H2,1-3H3,(H,17,20). The number of urea groups is 1. The molecule has 0 aromatic heterocycles. The Kier molecular flexibility index (Phi) is 6.59. The van der Waals surface area contributed by atoms with Gasteiger partial charge in [0.25, 0.3) is 0 Å². The van der Waals surface area contributed by atoms with Crippen molar-refractivity contribution in [3.8, 4) is 0 Å². The highest BCUT2D eigenvalue weighted by Gasteiger charge is 2.14. The maximum atomic E-state index is 12.0. The summed E-state index contributed by atoms with van der Waals surface area (Å²) in [7, 11) is 1.69. The van der Waals surface area contributed by atoms with E-state index in [1.54, 1.807) is 31.0 Å². The number of benzene rings is 1. The molecule has 6 heteroatoms. The quantitative estimate of drug-likeness (QED) is 0.873. The van der Waals surface area contributed by atoms with E-state index in [1.807, 2.05) is 13.0 Å². The number of nitrogens with one attached hydrogen (secondary N) is 1. The molecule has 112 valence electrons. The third-order valence-electron chi connectivity index (χ3n) is 3.01. The van der Waals surface area contributed by atoms with Crippen molar-refractivity contribution in [3.05, 3.63) is 33.8 Å². The number of rotatable bonds is 5. The van der Waals surface area contributed by atoms with Gasteiger partial charge >= 0.3 is 6.03 Å². The van der Waals surface area contributed by atoms with Crippen LogP contribution in [-0.4, -0.2) is 35.7 Å². The van der Waals surface area contributed by atoms with Gasteiger partial charge < -0.3 is 15.3 Å². The molecule has 2 amide bonds. The zero-order chi connectivity index (χ0) is 15.3. The molecule has 0 bridgehead atoms. The average Bonchev–Trinajstić information content (AvgIpc) is 2.38. The summed E-state index contributed by atoms with van der Waals surface area (Å²) in [4.78, 5) is 13.5. The van der Waals surface area contributed by atoms with E-state index < -0.39 is 6.10 Å². The topological polar surface area (TPSA) is 52.6 Å². The van der Waals surface area contributed by atoms with Gasteiger partial charge in [-0.1, -0.05) is 29.3 Å². The van der Waals surface area contributed by atoms with E-state index in [0.717, 1.165) is 5.56 Å². The molecule has 0 aliphatic rings. The lowest BCUT2D eigenvalue weighted by Crippen LogP contribution is -2.39. The number of hydrogen-bond acceptors (Lipinski definition) is 2. The van der Waals surface area contributed by atoms with E-state index >= 15 is 0 Å². The summed E-state index contributed by atoms with van der Waals surface area (Å²) in [5.41, 5.74) is 0.886. The highest BCUT2D eigenvalue weighted by molar-refractivity contribution is 6.42. The molecule has 0 heterocycles. The van der Waals surface area contributed by atoms with E-state index in [4.69, 9.17) is 23.2 Å². The lowest BCUT2D eigenvalue weighted by atomic mass is 10.1. The second-order valence-corrected chi connectivity index (χ2v) is 5.72. The number of nitrogens with zero attached hydrogens (tertiary/aromatic N) is 1. The van der Waals surface area contributed by atoms with Gasteiger partial charge in [0.15, 0.2) is 0 Å². The molecular weight excluding hydrogens is 299 g/mol. The largest absolute Gasteiger partial charge is 0.393 e. The molecule has 0 fully saturated rings. The highest BCUT2D eigenvalue weighted by atomic mass is 35.5. The van der Waals surface area contributed by atoms with Gasteiger partial charge in [-0.2, -0.15) is 0 Å². The Balaban J connectivity index is 2.58. The summed E-state index contributed by atoms with van der Waals surface area (Å²) in [5, 5.41) is 13.0. The first-order valence-corrected chi connectivity index (χ1v) is 7.21. The van der Waals surface area contributed by atoms with Gasteiger partial charge in [-0.25, -0.2) is 4.79 Å². The molecule has 1 aromatic rings. The zero-order valence-corrected chi connectivity index (χ0v) is 13.4. The number of amides is 2. The molecule has 2 unspecified atom stereocenters. The second kappa shape index (κ2) is 7.72. The number of carbonyl (C=O) groups excluding carboxylic acids is 1. The summed E-state index contributed by atoms with van der Waals surface area (Å²) in [6.45, 7) is 4.07. The SMILES string of the molecule is CC(O)CCN(C)C(=O)NC(C)c1ccc(Cl)c(Cl)c1. The Morgan fingerprint density at radius 1 is 1.35 bits per heavy atom. The van der Waals surface area contributed by atoms with Crippen LogP contribution in [0.5, 0.6) is 0 Å². The van der Waals surface area contributed by atoms with Crippen LogP contribution in [0.1, 0.15) is 31.9 Å². The number of aliphatic hydroxyl groups excluding tert-OH is 1. The predicted molar refractivity (Wildman–Crippen MR) is 82.3 cm³/mol. The molecular formula is C14H20Cl2N2O2. The van der Waals surface area contributed by atoms with Gasteiger partial charge in [-0.3, -0.25) is 0 Å². The fraction of sp³-hybridized carbons (Fsp3) is 0.500. The van der Waals surface area contributed by atoms with Crippen LogP contribution in [-0.2, 0) is 0 Å². The van der Waals surface area contributed by atoms with E-state index in [9.17, 15) is 9.90 Å². The van der Waals surface area contributed by atoms with E-state index in [1.165, 1.54) is 0 Å². The molecule has 0 spiro atoms. The molecule has 0 saturated carbocycles. The molecule has 0 saturated heterocycles. The first kappa shape index (κ1) is 17.1. The van der Waals surface area contributed by atoms with Crippen LogP contribution in [0.2, 0.25) is 10.0 Å². The van der Waals surface area contributed by atoms with E-state index in [-0.39, 0.29) is 12.1 Å². The minimum absolute atomic E-state index is 0.175. The number of aliphatic hydroxyl groups is 1.